The Kier molecular flexibility index (Phi) is 2.85. The van der Waals surface area contributed by atoms with Crippen LogP contribution in [0.4, 0.5) is 0 Å². The van der Waals surface area contributed by atoms with Gasteiger partial charge in [-0.1, -0.05) is 13.8 Å². The summed E-state index contributed by atoms with van der Waals surface area (Å²) >= 11 is 0. The lowest BCUT2D eigenvalue weighted by atomic mass is 9.62. The fourth-order valence-corrected chi connectivity index (χ4v) is 2.96. The van der Waals surface area contributed by atoms with Gasteiger partial charge in [-0.15, -0.1) is 0 Å². The van der Waals surface area contributed by atoms with Crippen molar-refractivity contribution in [3.8, 4) is 0 Å². The van der Waals surface area contributed by atoms with Crippen LogP contribution < -0.4 is 5.73 Å². The maximum absolute atomic E-state index is 10.4. The molecule has 2 aliphatic carbocycles. The quantitative estimate of drug-likeness (QED) is 0.752. The molecule has 88 valence electrons. The van der Waals surface area contributed by atoms with Crippen LogP contribution in [0, 0.1) is 16.7 Å². The first-order valence-electron chi connectivity index (χ1n) is 6.37. The predicted molar refractivity (Wildman–Crippen MR) is 62.5 cm³/mol. The van der Waals surface area contributed by atoms with Gasteiger partial charge >= 0.3 is 0 Å². The Morgan fingerprint density at radius 1 is 1.20 bits per heavy atom. The zero-order valence-electron chi connectivity index (χ0n) is 10.1. The maximum Gasteiger partial charge on any atom is 0.0636 e. The second kappa shape index (κ2) is 3.74. The van der Waals surface area contributed by atoms with Gasteiger partial charge in [0.25, 0.3) is 0 Å². The number of hydrogen-bond acceptors (Lipinski definition) is 2. The van der Waals surface area contributed by atoms with Crippen molar-refractivity contribution in [2.45, 2.75) is 58.5 Å². The van der Waals surface area contributed by atoms with E-state index in [1.165, 1.54) is 25.7 Å². The molecule has 2 nitrogen and oxygen atoms in total. The molecule has 2 fully saturated rings. The first-order chi connectivity index (χ1) is 6.99. The molecule has 1 atom stereocenters. The minimum absolute atomic E-state index is 0.0523. The molecule has 0 saturated heterocycles. The van der Waals surface area contributed by atoms with Gasteiger partial charge in [-0.05, 0) is 49.9 Å². The van der Waals surface area contributed by atoms with E-state index in [9.17, 15) is 5.11 Å². The van der Waals surface area contributed by atoms with Gasteiger partial charge in [0.15, 0.2) is 0 Å². The highest BCUT2D eigenvalue weighted by Crippen LogP contribution is 2.51. The molecule has 0 bridgehead atoms. The van der Waals surface area contributed by atoms with Crippen LogP contribution in [0.15, 0.2) is 0 Å². The Morgan fingerprint density at radius 3 is 2.13 bits per heavy atom. The third kappa shape index (κ3) is 2.21. The fraction of sp³-hybridized carbons (Fsp3) is 1.00. The zero-order chi connectivity index (χ0) is 11.1. The predicted octanol–water partition coefficient (Wildman–Crippen LogP) is 2.30. The molecule has 0 heterocycles. The lowest BCUT2D eigenvalue weighted by molar-refractivity contribution is -0.0337. The van der Waals surface area contributed by atoms with Gasteiger partial charge < -0.3 is 10.8 Å². The Morgan fingerprint density at radius 2 is 1.73 bits per heavy atom. The molecule has 0 radical (unpaired) electrons. The lowest BCUT2D eigenvalue weighted by Gasteiger charge is -2.46. The van der Waals surface area contributed by atoms with Gasteiger partial charge in [-0.2, -0.15) is 0 Å². The van der Waals surface area contributed by atoms with Crippen molar-refractivity contribution < 1.29 is 5.11 Å². The first-order valence-corrected chi connectivity index (χ1v) is 6.37. The minimum Gasteiger partial charge on any atom is -0.392 e. The smallest absolute Gasteiger partial charge is 0.0636 e. The second-order valence-electron chi connectivity index (χ2n) is 6.51. The lowest BCUT2D eigenvalue weighted by Crippen LogP contribution is -2.46. The molecule has 0 aromatic carbocycles. The van der Waals surface area contributed by atoms with Gasteiger partial charge in [-0.3, -0.25) is 0 Å². The van der Waals surface area contributed by atoms with Crippen molar-refractivity contribution in [3.63, 3.8) is 0 Å². The normalized spacial score (nSPS) is 31.2. The monoisotopic (exact) mass is 211 g/mol. The summed E-state index contributed by atoms with van der Waals surface area (Å²) in [6.07, 6.45) is 6.97. The summed E-state index contributed by atoms with van der Waals surface area (Å²) < 4.78 is 0. The summed E-state index contributed by atoms with van der Waals surface area (Å²) in [4.78, 5) is 0. The standard InChI is InChI=1S/C13H25NO/c1-12(2)5-7-13(9-14,8-6-12)11(15)10-3-4-10/h10-11,15H,3-9,14H2,1-2H3. The van der Waals surface area contributed by atoms with E-state index in [0.29, 0.717) is 17.9 Å². The molecule has 3 N–H and O–H groups in total. The van der Waals surface area contributed by atoms with E-state index in [4.69, 9.17) is 5.73 Å². The van der Waals surface area contributed by atoms with Crippen LogP contribution in [0.25, 0.3) is 0 Å². The molecule has 0 aromatic heterocycles. The molecule has 2 heteroatoms. The molecule has 0 spiro atoms. The Labute approximate surface area is 93.2 Å². The van der Waals surface area contributed by atoms with Gasteiger partial charge in [0, 0.05) is 12.0 Å². The summed E-state index contributed by atoms with van der Waals surface area (Å²) in [5.74, 6) is 0.565. The third-order valence-electron chi connectivity index (χ3n) is 4.70. The summed E-state index contributed by atoms with van der Waals surface area (Å²) in [5.41, 5.74) is 6.45. The van der Waals surface area contributed by atoms with Crippen LogP contribution in [0.3, 0.4) is 0 Å². The molecule has 15 heavy (non-hydrogen) atoms. The molecule has 1 unspecified atom stereocenters. The van der Waals surface area contributed by atoms with Gasteiger partial charge in [0.2, 0.25) is 0 Å². The van der Waals surface area contributed by atoms with Crippen molar-refractivity contribution in [1.29, 1.82) is 0 Å². The highest BCUT2D eigenvalue weighted by atomic mass is 16.3. The molecule has 0 amide bonds. The van der Waals surface area contributed by atoms with Gasteiger partial charge in [0.05, 0.1) is 6.10 Å². The van der Waals surface area contributed by atoms with Crippen molar-refractivity contribution >= 4 is 0 Å². The van der Waals surface area contributed by atoms with Gasteiger partial charge in [-0.25, -0.2) is 0 Å². The fourth-order valence-electron chi connectivity index (χ4n) is 2.96. The summed E-state index contributed by atoms with van der Waals surface area (Å²) in [6, 6.07) is 0. The Balaban J connectivity index is 2.03. The van der Waals surface area contributed by atoms with E-state index in [1.54, 1.807) is 0 Å². The Bertz CT molecular complexity index is 223. The van der Waals surface area contributed by atoms with Crippen LogP contribution in [-0.4, -0.2) is 17.8 Å². The van der Waals surface area contributed by atoms with Crippen LogP contribution in [0.2, 0.25) is 0 Å². The van der Waals surface area contributed by atoms with E-state index >= 15 is 0 Å². The number of nitrogens with two attached hydrogens (primary N) is 1. The average Bonchev–Trinajstić information content (AvgIpc) is 3.01. The van der Waals surface area contributed by atoms with E-state index in [1.807, 2.05) is 0 Å². The molecule has 2 aliphatic rings. The van der Waals surface area contributed by atoms with Crippen LogP contribution in [-0.2, 0) is 0 Å². The van der Waals surface area contributed by atoms with Crippen molar-refractivity contribution in [1.82, 2.24) is 0 Å². The van der Waals surface area contributed by atoms with Crippen molar-refractivity contribution in [3.05, 3.63) is 0 Å². The van der Waals surface area contributed by atoms with E-state index in [2.05, 4.69) is 13.8 Å². The van der Waals surface area contributed by atoms with Gasteiger partial charge in [0.1, 0.15) is 0 Å². The maximum atomic E-state index is 10.4. The molecule has 2 saturated carbocycles. The van der Waals surface area contributed by atoms with Crippen molar-refractivity contribution in [2.24, 2.45) is 22.5 Å². The van der Waals surface area contributed by atoms with Crippen LogP contribution in [0.5, 0.6) is 0 Å². The minimum atomic E-state index is -0.126. The van der Waals surface area contributed by atoms with E-state index < -0.39 is 0 Å². The SMILES string of the molecule is CC1(C)CCC(CN)(C(O)C2CC2)CC1. The number of hydrogen-bond donors (Lipinski definition) is 2. The molecule has 0 aliphatic heterocycles. The number of aliphatic hydroxyl groups excluding tert-OH is 1. The van der Waals surface area contributed by atoms with Crippen molar-refractivity contribution in [2.75, 3.05) is 6.54 Å². The number of aliphatic hydroxyl groups is 1. The molecular weight excluding hydrogens is 186 g/mol. The summed E-state index contributed by atoms with van der Waals surface area (Å²) in [5, 5.41) is 10.4. The van der Waals surface area contributed by atoms with Crippen LogP contribution >= 0.6 is 0 Å². The highest BCUT2D eigenvalue weighted by Gasteiger charge is 2.47. The zero-order valence-corrected chi connectivity index (χ0v) is 10.1. The highest BCUT2D eigenvalue weighted by molar-refractivity contribution is 4.99. The molecule has 2 rings (SSSR count). The first kappa shape index (κ1) is 11.4. The third-order valence-corrected chi connectivity index (χ3v) is 4.70. The average molecular weight is 211 g/mol. The topological polar surface area (TPSA) is 46.2 Å². The Hall–Kier alpha value is -0.0800. The summed E-state index contributed by atoms with van der Waals surface area (Å²) in [7, 11) is 0. The molecule has 0 aromatic rings. The number of rotatable bonds is 3. The summed E-state index contributed by atoms with van der Waals surface area (Å²) in [6.45, 7) is 5.33. The molecular formula is C13H25NO. The largest absolute Gasteiger partial charge is 0.392 e. The van der Waals surface area contributed by atoms with Crippen LogP contribution in [0.1, 0.15) is 52.4 Å². The van der Waals surface area contributed by atoms with E-state index in [-0.39, 0.29) is 11.5 Å². The second-order valence-corrected chi connectivity index (χ2v) is 6.51. The van der Waals surface area contributed by atoms with E-state index in [0.717, 1.165) is 12.8 Å².